The first-order valence-electron chi connectivity index (χ1n) is 6.15. The first kappa shape index (κ1) is 15.3. The average molecular weight is 280 g/mol. The summed E-state index contributed by atoms with van der Waals surface area (Å²) < 4.78 is 0. The SMILES string of the molecule is C=CCN(CCC)c1ccc(Cl)cc1/C=C/C(=O)O. The van der Waals surface area contributed by atoms with Gasteiger partial charge >= 0.3 is 5.97 Å². The van der Waals surface area contributed by atoms with Crippen LogP contribution in [-0.4, -0.2) is 24.2 Å². The van der Waals surface area contributed by atoms with Crippen molar-refractivity contribution in [2.24, 2.45) is 0 Å². The van der Waals surface area contributed by atoms with Gasteiger partial charge in [-0.15, -0.1) is 6.58 Å². The van der Waals surface area contributed by atoms with E-state index in [9.17, 15) is 4.79 Å². The minimum Gasteiger partial charge on any atom is -0.478 e. The number of carboxylic acids is 1. The number of halogens is 1. The van der Waals surface area contributed by atoms with Crippen LogP contribution in [0.4, 0.5) is 5.69 Å². The Hall–Kier alpha value is -1.74. The van der Waals surface area contributed by atoms with Crippen LogP contribution in [0.3, 0.4) is 0 Å². The number of hydrogen-bond acceptors (Lipinski definition) is 2. The molecule has 1 aromatic rings. The van der Waals surface area contributed by atoms with E-state index >= 15 is 0 Å². The molecule has 0 bridgehead atoms. The van der Waals surface area contributed by atoms with Gasteiger partial charge in [-0.3, -0.25) is 0 Å². The van der Waals surface area contributed by atoms with Crippen LogP contribution < -0.4 is 4.90 Å². The van der Waals surface area contributed by atoms with E-state index < -0.39 is 5.97 Å². The Labute approximate surface area is 118 Å². The highest BCUT2D eigenvalue weighted by atomic mass is 35.5. The third-order valence-corrected chi connectivity index (χ3v) is 2.81. The highest BCUT2D eigenvalue weighted by molar-refractivity contribution is 6.30. The number of carboxylic acid groups (broad SMARTS) is 1. The molecule has 0 aliphatic rings. The fraction of sp³-hybridized carbons (Fsp3) is 0.267. The van der Waals surface area contributed by atoms with E-state index in [2.05, 4.69) is 18.4 Å². The van der Waals surface area contributed by atoms with Crippen molar-refractivity contribution in [1.82, 2.24) is 0 Å². The van der Waals surface area contributed by atoms with Crippen LogP contribution in [0.25, 0.3) is 6.08 Å². The third-order valence-electron chi connectivity index (χ3n) is 2.58. The maximum absolute atomic E-state index is 10.6. The summed E-state index contributed by atoms with van der Waals surface area (Å²) in [5.74, 6) is -0.975. The molecule has 4 heteroatoms. The van der Waals surface area contributed by atoms with Gasteiger partial charge in [0.25, 0.3) is 0 Å². The van der Waals surface area contributed by atoms with Crippen LogP contribution in [0.5, 0.6) is 0 Å². The molecule has 1 N–H and O–H groups in total. The molecule has 102 valence electrons. The zero-order chi connectivity index (χ0) is 14.3. The van der Waals surface area contributed by atoms with E-state index in [0.29, 0.717) is 11.6 Å². The Kier molecular flexibility index (Phi) is 6.16. The fourth-order valence-electron chi connectivity index (χ4n) is 1.84. The second-order valence-electron chi connectivity index (χ2n) is 4.11. The van der Waals surface area contributed by atoms with Crippen LogP contribution in [0.2, 0.25) is 5.02 Å². The van der Waals surface area contributed by atoms with Gasteiger partial charge in [-0.1, -0.05) is 24.6 Å². The molecular weight excluding hydrogens is 262 g/mol. The van der Waals surface area contributed by atoms with Crippen molar-refractivity contribution in [2.45, 2.75) is 13.3 Å². The van der Waals surface area contributed by atoms with Gasteiger partial charge in [0.2, 0.25) is 0 Å². The normalized spacial score (nSPS) is 10.6. The third kappa shape index (κ3) is 4.79. The van der Waals surface area contributed by atoms with Crippen LogP contribution >= 0.6 is 11.6 Å². The fourth-order valence-corrected chi connectivity index (χ4v) is 2.02. The van der Waals surface area contributed by atoms with E-state index in [1.807, 2.05) is 12.1 Å². The van der Waals surface area contributed by atoms with Gasteiger partial charge in [0.05, 0.1) is 0 Å². The van der Waals surface area contributed by atoms with Crippen molar-refractivity contribution in [3.8, 4) is 0 Å². The van der Waals surface area contributed by atoms with Gasteiger partial charge in [0.1, 0.15) is 0 Å². The van der Waals surface area contributed by atoms with Crippen molar-refractivity contribution in [3.05, 3.63) is 47.5 Å². The Morgan fingerprint density at radius 1 is 1.53 bits per heavy atom. The summed E-state index contributed by atoms with van der Waals surface area (Å²) in [5, 5.41) is 9.32. The molecule has 1 rings (SSSR count). The number of nitrogens with zero attached hydrogens (tertiary/aromatic N) is 1. The zero-order valence-corrected chi connectivity index (χ0v) is 11.7. The number of benzene rings is 1. The van der Waals surface area contributed by atoms with E-state index in [1.54, 1.807) is 18.2 Å². The molecule has 0 saturated heterocycles. The molecule has 19 heavy (non-hydrogen) atoms. The second kappa shape index (κ2) is 7.64. The molecule has 1 aromatic carbocycles. The van der Waals surface area contributed by atoms with Crippen molar-refractivity contribution >= 4 is 29.3 Å². The van der Waals surface area contributed by atoms with Crippen molar-refractivity contribution in [3.63, 3.8) is 0 Å². The Morgan fingerprint density at radius 2 is 2.26 bits per heavy atom. The van der Waals surface area contributed by atoms with Gasteiger partial charge < -0.3 is 10.0 Å². The Balaban J connectivity index is 3.15. The number of hydrogen-bond donors (Lipinski definition) is 1. The first-order valence-corrected chi connectivity index (χ1v) is 6.52. The molecule has 0 atom stereocenters. The lowest BCUT2D eigenvalue weighted by Crippen LogP contribution is -2.24. The largest absolute Gasteiger partial charge is 0.478 e. The highest BCUT2D eigenvalue weighted by Gasteiger charge is 2.08. The molecule has 0 spiro atoms. The van der Waals surface area contributed by atoms with Crippen LogP contribution in [0.1, 0.15) is 18.9 Å². The molecule has 0 heterocycles. The molecule has 3 nitrogen and oxygen atoms in total. The summed E-state index contributed by atoms with van der Waals surface area (Å²) in [6, 6.07) is 5.48. The lowest BCUT2D eigenvalue weighted by atomic mass is 10.1. The van der Waals surface area contributed by atoms with Crippen molar-refractivity contribution in [2.75, 3.05) is 18.0 Å². The zero-order valence-electron chi connectivity index (χ0n) is 11.0. The molecular formula is C15H18ClNO2. The molecule has 0 fully saturated rings. The summed E-state index contributed by atoms with van der Waals surface area (Å²) in [6.45, 7) is 7.43. The van der Waals surface area contributed by atoms with Crippen LogP contribution in [0.15, 0.2) is 36.9 Å². The predicted molar refractivity (Wildman–Crippen MR) is 80.8 cm³/mol. The standard InChI is InChI=1S/C15H18ClNO2/c1-3-9-17(10-4-2)14-7-6-13(16)11-12(14)5-8-15(18)19/h3,5-8,11H,1,4,9-10H2,2H3,(H,18,19)/b8-5+. The topological polar surface area (TPSA) is 40.5 Å². The van der Waals surface area contributed by atoms with Gasteiger partial charge in [-0.05, 0) is 36.3 Å². The smallest absolute Gasteiger partial charge is 0.328 e. The van der Waals surface area contributed by atoms with Crippen molar-refractivity contribution in [1.29, 1.82) is 0 Å². The summed E-state index contributed by atoms with van der Waals surface area (Å²) in [6.07, 6.45) is 5.51. The van der Waals surface area contributed by atoms with Crippen molar-refractivity contribution < 1.29 is 9.90 Å². The van der Waals surface area contributed by atoms with Gasteiger partial charge in [-0.25, -0.2) is 4.79 Å². The van der Waals surface area contributed by atoms with E-state index in [0.717, 1.165) is 30.3 Å². The number of carbonyl (C=O) groups is 1. The minimum absolute atomic E-state index is 0.587. The summed E-state index contributed by atoms with van der Waals surface area (Å²) in [4.78, 5) is 12.8. The molecule has 0 saturated carbocycles. The summed E-state index contributed by atoms with van der Waals surface area (Å²) in [5.41, 5.74) is 1.76. The molecule has 0 unspecified atom stereocenters. The van der Waals surface area contributed by atoms with Crippen LogP contribution in [-0.2, 0) is 4.79 Å². The van der Waals surface area contributed by atoms with E-state index in [1.165, 1.54) is 0 Å². The monoisotopic (exact) mass is 279 g/mol. The van der Waals surface area contributed by atoms with E-state index in [-0.39, 0.29) is 0 Å². The molecule has 0 amide bonds. The first-order chi connectivity index (χ1) is 9.08. The van der Waals surface area contributed by atoms with E-state index in [4.69, 9.17) is 16.7 Å². The summed E-state index contributed by atoms with van der Waals surface area (Å²) in [7, 11) is 0. The lowest BCUT2D eigenvalue weighted by molar-refractivity contribution is -0.131. The molecule has 0 radical (unpaired) electrons. The van der Waals surface area contributed by atoms with Gasteiger partial charge in [-0.2, -0.15) is 0 Å². The predicted octanol–water partition coefficient (Wildman–Crippen LogP) is 3.84. The molecule has 0 aliphatic carbocycles. The second-order valence-corrected chi connectivity index (χ2v) is 4.55. The maximum Gasteiger partial charge on any atom is 0.328 e. The number of anilines is 1. The van der Waals surface area contributed by atoms with Crippen LogP contribution in [0, 0.1) is 0 Å². The van der Waals surface area contributed by atoms with Gasteiger partial charge in [0.15, 0.2) is 0 Å². The molecule has 0 aromatic heterocycles. The molecule has 0 aliphatic heterocycles. The minimum atomic E-state index is -0.975. The van der Waals surface area contributed by atoms with Gasteiger partial charge in [0, 0.05) is 29.9 Å². The quantitative estimate of drug-likeness (QED) is 0.609. The number of rotatable bonds is 7. The highest BCUT2D eigenvalue weighted by Crippen LogP contribution is 2.26. The Bertz CT molecular complexity index is 483. The Morgan fingerprint density at radius 3 is 2.84 bits per heavy atom. The lowest BCUT2D eigenvalue weighted by Gasteiger charge is -2.24. The summed E-state index contributed by atoms with van der Waals surface area (Å²) >= 11 is 5.97. The average Bonchev–Trinajstić information content (AvgIpc) is 2.36. The maximum atomic E-state index is 10.6. The number of aliphatic carboxylic acids is 1.